The van der Waals surface area contributed by atoms with Gasteiger partial charge < -0.3 is 19.4 Å². The lowest BCUT2D eigenvalue weighted by molar-refractivity contribution is 0.0948. The van der Waals surface area contributed by atoms with E-state index in [1.54, 1.807) is 31.5 Å². The molecule has 0 aliphatic rings. The molecule has 7 heteroatoms. The number of hydrogen-bond acceptors (Lipinski definition) is 5. The molecule has 0 fully saturated rings. The SMILES string of the molecule is COc1ccccc1OCCn1c(CCCNC(=O)c2ccccn2)nc2ccccc21. The summed E-state index contributed by atoms with van der Waals surface area (Å²) in [6.07, 6.45) is 3.13. The minimum absolute atomic E-state index is 0.163. The van der Waals surface area contributed by atoms with Crippen LogP contribution in [-0.4, -0.2) is 40.7 Å². The Kier molecular flexibility index (Phi) is 6.97. The lowest BCUT2D eigenvalue weighted by atomic mass is 10.2. The summed E-state index contributed by atoms with van der Waals surface area (Å²) >= 11 is 0. The molecule has 1 N–H and O–H groups in total. The van der Waals surface area contributed by atoms with Crippen molar-refractivity contribution in [3.63, 3.8) is 0 Å². The second-order valence-electron chi connectivity index (χ2n) is 7.24. The zero-order chi connectivity index (χ0) is 22.2. The van der Waals surface area contributed by atoms with Gasteiger partial charge in [-0.2, -0.15) is 0 Å². The van der Waals surface area contributed by atoms with Gasteiger partial charge >= 0.3 is 0 Å². The highest BCUT2D eigenvalue weighted by atomic mass is 16.5. The Labute approximate surface area is 187 Å². The molecule has 0 unspecified atom stereocenters. The van der Waals surface area contributed by atoms with Gasteiger partial charge in [-0.3, -0.25) is 9.78 Å². The summed E-state index contributed by atoms with van der Waals surface area (Å²) in [5.41, 5.74) is 2.45. The maximum absolute atomic E-state index is 12.2. The van der Waals surface area contributed by atoms with Gasteiger partial charge in [0.05, 0.1) is 24.7 Å². The van der Waals surface area contributed by atoms with Crippen molar-refractivity contribution < 1.29 is 14.3 Å². The molecule has 7 nitrogen and oxygen atoms in total. The Bertz CT molecular complexity index is 1170. The lowest BCUT2D eigenvalue weighted by Crippen LogP contribution is -2.25. The first-order valence-corrected chi connectivity index (χ1v) is 10.7. The highest BCUT2D eigenvalue weighted by molar-refractivity contribution is 5.92. The topological polar surface area (TPSA) is 78.3 Å². The van der Waals surface area contributed by atoms with E-state index in [2.05, 4.69) is 20.9 Å². The fourth-order valence-electron chi connectivity index (χ4n) is 3.59. The fraction of sp³-hybridized carbons (Fsp3) is 0.240. The van der Waals surface area contributed by atoms with Crippen molar-refractivity contribution in [3.05, 3.63) is 84.4 Å². The number of amides is 1. The van der Waals surface area contributed by atoms with E-state index >= 15 is 0 Å². The van der Waals surface area contributed by atoms with Crippen molar-refractivity contribution in [1.29, 1.82) is 0 Å². The summed E-state index contributed by atoms with van der Waals surface area (Å²) < 4.78 is 13.5. The van der Waals surface area contributed by atoms with E-state index < -0.39 is 0 Å². The summed E-state index contributed by atoms with van der Waals surface area (Å²) in [5.74, 6) is 2.25. The number of para-hydroxylation sites is 4. The number of carbonyl (C=O) groups is 1. The normalized spacial score (nSPS) is 10.8. The predicted octanol–water partition coefficient (Wildman–Crippen LogP) is 3.88. The van der Waals surface area contributed by atoms with Gasteiger partial charge in [-0.25, -0.2) is 4.98 Å². The highest BCUT2D eigenvalue weighted by Crippen LogP contribution is 2.26. The molecular weight excluding hydrogens is 404 g/mol. The van der Waals surface area contributed by atoms with E-state index in [0.717, 1.165) is 35.4 Å². The zero-order valence-electron chi connectivity index (χ0n) is 18.0. The molecule has 164 valence electrons. The molecule has 2 aromatic heterocycles. The van der Waals surface area contributed by atoms with Crippen molar-refractivity contribution in [1.82, 2.24) is 19.9 Å². The molecule has 0 saturated carbocycles. The van der Waals surface area contributed by atoms with Gasteiger partial charge in [0.2, 0.25) is 0 Å². The van der Waals surface area contributed by atoms with Crippen LogP contribution in [0, 0.1) is 0 Å². The summed E-state index contributed by atoms with van der Waals surface area (Å²) in [4.78, 5) is 21.1. The molecule has 0 aliphatic heterocycles. The van der Waals surface area contributed by atoms with Gasteiger partial charge in [0.1, 0.15) is 18.1 Å². The number of benzene rings is 2. The Balaban J connectivity index is 1.38. The van der Waals surface area contributed by atoms with Crippen LogP contribution in [-0.2, 0) is 13.0 Å². The predicted molar refractivity (Wildman–Crippen MR) is 123 cm³/mol. The third-order valence-corrected chi connectivity index (χ3v) is 5.14. The standard InChI is InChI=1S/C25H26N4O3/c1-31-22-12-4-5-13-23(22)32-18-17-29-21-11-3-2-9-19(21)28-24(29)14-8-16-27-25(30)20-10-6-7-15-26-20/h2-7,9-13,15H,8,14,16-18H2,1H3,(H,27,30). The van der Waals surface area contributed by atoms with Crippen molar-refractivity contribution in [2.75, 3.05) is 20.3 Å². The molecular formula is C25H26N4O3. The van der Waals surface area contributed by atoms with Crippen LogP contribution in [0.15, 0.2) is 72.9 Å². The van der Waals surface area contributed by atoms with E-state index in [4.69, 9.17) is 14.5 Å². The van der Waals surface area contributed by atoms with Crippen LogP contribution >= 0.6 is 0 Å². The minimum atomic E-state index is -0.163. The molecule has 32 heavy (non-hydrogen) atoms. The highest BCUT2D eigenvalue weighted by Gasteiger charge is 2.12. The quantitative estimate of drug-likeness (QED) is 0.386. The number of nitrogens with zero attached hydrogens (tertiary/aromatic N) is 3. The summed E-state index contributed by atoms with van der Waals surface area (Å²) in [6.45, 7) is 1.70. The van der Waals surface area contributed by atoms with Crippen molar-refractivity contribution in [3.8, 4) is 11.5 Å². The van der Waals surface area contributed by atoms with Crippen LogP contribution in [0.2, 0.25) is 0 Å². The average Bonchev–Trinajstić information content (AvgIpc) is 3.20. The van der Waals surface area contributed by atoms with Crippen LogP contribution in [0.5, 0.6) is 11.5 Å². The number of carbonyl (C=O) groups excluding carboxylic acids is 1. The number of pyridine rings is 1. The number of aryl methyl sites for hydroxylation is 1. The Hall–Kier alpha value is -3.87. The Morgan fingerprint density at radius 3 is 2.59 bits per heavy atom. The monoisotopic (exact) mass is 430 g/mol. The van der Waals surface area contributed by atoms with Crippen LogP contribution < -0.4 is 14.8 Å². The van der Waals surface area contributed by atoms with Gasteiger partial charge in [-0.05, 0) is 42.8 Å². The van der Waals surface area contributed by atoms with Crippen LogP contribution in [0.1, 0.15) is 22.7 Å². The first-order chi connectivity index (χ1) is 15.8. The smallest absolute Gasteiger partial charge is 0.269 e. The number of rotatable bonds is 10. The number of aromatic nitrogens is 3. The van der Waals surface area contributed by atoms with Crippen molar-refractivity contribution in [2.45, 2.75) is 19.4 Å². The Morgan fingerprint density at radius 1 is 1.00 bits per heavy atom. The van der Waals surface area contributed by atoms with E-state index in [1.807, 2.05) is 42.5 Å². The van der Waals surface area contributed by atoms with Gasteiger partial charge in [0.15, 0.2) is 11.5 Å². The van der Waals surface area contributed by atoms with E-state index in [9.17, 15) is 4.79 Å². The second-order valence-corrected chi connectivity index (χ2v) is 7.24. The average molecular weight is 431 g/mol. The van der Waals surface area contributed by atoms with Gasteiger partial charge in [-0.1, -0.05) is 30.3 Å². The third kappa shape index (κ3) is 5.06. The molecule has 2 aromatic carbocycles. The largest absolute Gasteiger partial charge is 0.493 e. The van der Waals surface area contributed by atoms with E-state index in [0.29, 0.717) is 31.1 Å². The summed E-state index contributed by atoms with van der Waals surface area (Å²) in [7, 11) is 1.64. The van der Waals surface area contributed by atoms with E-state index in [-0.39, 0.29) is 5.91 Å². The fourth-order valence-corrected chi connectivity index (χ4v) is 3.59. The Morgan fingerprint density at radius 2 is 1.78 bits per heavy atom. The minimum Gasteiger partial charge on any atom is -0.493 e. The molecule has 1 amide bonds. The van der Waals surface area contributed by atoms with E-state index in [1.165, 1.54) is 0 Å². The van der Waals surface area contributed by atoms with Crippen LogP contribution in [0.3, 0.4) is 0 Å². The number of methoxy groups -OCH3 is 1. The van der Waals surface area contributed by atoms with Crippen molar-refractivity contribution in [2.24, 2.45) is 0 Å². The molecule has 2 heterocycles. The number of ether oxygens (including phenoxy) is 2. The summed E-state index contributed by atoms with van der Waals surface area (Å²) in [6, 6.07) is 21.0. The number of fused-ring (bicyclic) bond motifs is 1. The maximum atomic E-state index is 12.2. The summed E-state index contributed by atoms with van der Waals surface area (Å²) in [5, 5.41) is 2.92. The maximum Gasteiger partial charge on any atom is 0.269 e. The number of imidazole rings is 1. The molecule has 4 aromatic rings. The molecule has 0 spiro atoms. The first-order valence-electron chi connectivity index (χ1n) is 10.7. The van der Waals surface area contributed by atoms with Crippen LogP contribution in [0.25, 0.3) is 11.0 Å². The number of nitrogens with one attached hydrogen (secondary N) is 1. The van der Waals surface area contributed by atoms with Gasteiger partial charge in [-0.15, -0.1) is 0 Å². The third-order valence-electron chi connectivity index (χ3n) is 5.14. The van der Waals surface area contributed by atoms with Gasteiger partial charge in [0, 0.05) is 19.2 Å². The molecule has 0 aliphatic carbocycles. The molecule has 0 radical (unpaired) electrons. The molecule has 4 rings (SSSR count). The first kappa shape index (κ1) is 21.4. The number of hydrogen-bond donors (Lipinski definition) is 1. The molecule has 0 saturated heterocycles. The lowest BCUT2D eigenvalue weighted by Gasteiger charge is -2.13. The zero-order valence-corrected chi connectivity index (χ0v) is 18.0. The second kappa shape index (κ2) is 10.4. The van der Waals surface area contributed by atoms with Gasteiger partial charge in [0.25, 0.3) is 5.91 Å². The van der Waals surface area contributed by atoms with Crippen molar-refractivity contribution >= 4 is 16.9 Å². The van der Waals surface area contributed by atoms with Crippen LogP contribution in [0.4, 0.5) is 0 Å². The molecule has 0 atom stereocenters. The molecule has 0 bridgehead atoms.